The van der Waals surface area contributed by atoms with Gasteiger partial charge in [-0.15, -0.1) is 0 Å². The third-order valence-electron chi connectivity index (χ3n) is 5.49. The minimum absolute atomic E-state index is 0.121. The molecule has 0 aliphatic heterocycles. The lowest BCUT2D eigenvalue weighted by Gasteiger charge is -2.32. The molecular formula is C24H32FN3O5S. The van der Waals surface area contributed by atoms with Crippen LogP contribution in [0, 0.1) is 5.82 Å². The highest BCUT2D eigenvalue weighted by Crippen LogP contribution is 2.24. The Hall–Kier alpha value is -3.14. The van der Waals surface area contributed by atoms with E-state index in [-0.39, 0.29) is 23.8 Å². The molecule has 2 unspecified atom stereocenters. The van der Waals surface area contributed by atoms with Crippen molar-refractivity contribution in [1.29, 1.82) is 0 Å². The van der Waals surface area contributed by atoms with E-state index in [4.69, 9.17) is 4.74 Å². The molecule has 2 rings (SSSR count). The second-order valence-corrected chi connectivity index (χ2v) is 9.98. The molecule has 2 amide bonds. The number of sulfonamides is 1. The molecule has 0 saturated heterocycles. The molecule has 8 nitrogen and oxygen atoms in total. The Balaban J connectivity index is 2.41. The van der Waals surface area contributed by atoms with Gasteiger partial charge in [0, 0.05) is 24.2 Å². The maximum atomic E-state index is 14.4. The van der Waals surface area contributed by atoms with Crippen molar-refractivity contribution in [2.75, 3.05) is 24.2 Å². The third kappa shape index (κ3) is 7.18. The third-order valence-corrected chi connectivity index (χ3v) is 6.63. The molecule has 1 N–H and O–H groups in total. The molecule has 34 heavy (non-hydrogen) atoms. The van der Waals surface area contributed by atoms with Crippen LogP contribution in [0.1, 0.15) is 32.8 Å². The van der Waals surface area contributed by atoms with Crippen LogP contribution in [0.2, 0.25) is 0 Å². The number of hydrogen-bond donors (Lipinski definition) is 1. The van der Waals surface area contributed by atoms with Gasteiger partial charge in [-0.1, -0.05) is 31.2 Å². The fraction of sp³-hybridized carbons (Fsp3) is 0.417. The number of rotatable bonds is 11. The van der Waals surface area contributed by atoms with Gasteiger partial charge in [-0.25, -0.2) is 12.8 Å². The summed E-state index contributed by atoms with van der Waals surface area (Å²) < 4.78 is 45.6. The fourth-order valence-corrected chi connectivity index (χ4v) is 4.08. The zero-order chi connectivity index (χ0) is 25.5. The summed E-state index contributed by atoms with van der Waals surface area (Å²) in [6.45, 7) is 4.52. The normalized spacial score (nSPS) is 13.0. The van der Waals surface area contributed by atoms with E-state index in [1.54, 1.807) is 18.2 Å². The van der Waals surface area contributed by atoms with E-state index in [2.05, 4.69) is 5.32 Å². The smallest absolute Gasteiger partial charge is 0.244 e. The Morgan fingerprint density at radius 2 is 1.79 bits per heavy atom. The van der Waals surface area contributed by atoms with Crippen molar-refractivity contribution in [1.82, 2.24) is 10.2 Å². The first-order valence-corrected chi connectivity index (χ1v) is 12.8. The molecule has 0 radical (unpaired) electrons. The number of nitrogens with zero attached hydrogens (tertiary/aromatic N) is 2. The minimum Gasteiger partial charge on any atom is -0.497 e. The number of carbonyl (C=O) groups excluding carboxylic acids is 2. The molecular weight excluding hydrogens is 461 g/mol. The lowest BCUT2D eigenvalue weighted by molar-refractivity contribution is -0.139. The highest BCUT2D eigenvalue weighted by molar-refractivity contribution is 7.92. The topological polar surface area (TPSA) is 96.0 Å². The van der Waals surface area contributed by atoms with Crippen molar-refractivity contribution in [3.63, 3.8) is 0 Å². The quantitative estimate of drug-likeness (QED) is 0.519. The molecule has 0 bridgehead atoms. The summed E-state index contributed by atoms with van der Waals surface area (Å²) in [5, 5.41) is 2.82. The number of halogens is 1. The Morgan fingerprint density at radius 3 is 2.38 bits per heavy atom. The van der Waals surface area contributed by atoms with Crippen LogP contribution in [0.5, 0.6) is 5.75 Å². The Kier molecular flexibility index (Phi) is 9.43. The van der Waals surface area contributed by atoms with Crippen LogP contribution >= 0.6 is 0 Å². The van der Waals surface area contributed by atoms with Crippen molar-refractivity contribution in [3.8, 4) is 5.75 Å². The number of amides is 2. The maximum absolute atomic E-state index is 14.4. The SMILES string of the molecule is CCC(C)NC(=O)C(C)N(Cc1ccccc1F)C(=O)CN(c1cccc(OC)c1)S(C)(=O)=O. The number of benzene rings is 2. The van der Waals surface area contributed by atoms with Crippen molar-refractivity contribution < 1.29 is 27.1 Å². The van der Waals surface area contributed by atoms with Gasteiger partial charge in [0.15, 0.2) is 0 Å². The predicted molar refractivity (Wildman–Crippen MR) is 129 cm³/mol. The van der Waals surface area contributed by atoms with Crippen LogP contribution in [-0.4, -0.2) is 57.1 Å². The fourth-order valence-electron chi connectivity index (χ4n) is 3.24. The molecule has 0 aliphatic carbocycles. The van der Waals surface area contributed by atoms with Gasteiger partial charge in [-0.2, -0.15) is 0 Å². The zero-order valence-electron chi connectivity index (χ0n) is 20.1. The highest BCUT2D eigenvalue weighted by Gasteiger charge is 2.31. The summed E-state index contributed by atoms with van der Waals surface area (Å²) in [5.74, 6) is -1.17. The summed E-state index contributed by atoms with van der Waals surface area (Å²) in [6, 6.07) is 11.1. The van der Waals surface area contributed by atoms with Gasteiger partial charge in [-0.05, 0) is 38.5 Å². The van der Waals surface area contributed by atoms with E-state index in [1.807, 2.05) is 13.8 Å². The van der Waals surface area contributed by atoms with Gasteiger partial charge in [0.2, 0.25) is 21.8 Å². The van der Waals surface area contributed by atoms with Crippen LogP contribution in [-0.2, 0) is 26.2 Å². The van der Waals surface area contributed by atoms with Gasteiger partial charge in [0.25, 0.3) is 0 Å². The van der Waals surface area contributed by atoms with E-state index in [0.717, 1.165) is 10.6 Å². The van der Waals surface area contributed by atoms with Crippen LogP contribution in [0.4, 0.5) is 10.1 Å². The molecule has 2 atom stereocenters. The predicted octanol–water partition coefficient (Wildman–Crippen LogP) is 2.93. The molecule has 0 fully saturated rings. The van der Waals surface area contributed by atoms with Gasteiger partial charge >= 0.3 is 0 Å². The van der Waals surface area contributed by atoms with Gasteiger partial charge < -0.3 is 15.0 Å². The van der Waals surface area contributed by atoms with E-state index in [9.17, 15) is 22.4 Å². The number of methoxy groups -OCH3 is 1. The molecule has 0 saturated carbocycles. The van der Waals surface area contributed by atoms with Crippen molar-refractivity contribution in [2.45, 2.75) is 45.8 Å². The average Bonchev–Trinajstić information content (AvgIpc) is 2.80. The highest BCUT2D eigenvalue weighted by atomic mass is 32.2. The molecule has 0 spiro atoms. The summed E-state index contributed by atoms with van der Waals surface area (Å²) in [5.41, 5.74) is 0.448. The van der Waals surface area contributed by atoms with E-state index in [1.165, 1.54) is 49.3 Å². The van der Waals surface area contributed by atoms with Crippen LogP contribution in [0.15, 0.2) is 48.5 Å². The number of hydrogen-bond acceptors (Lipinski definition) is 5. The maximum Gasteiger partial charge on any atom is 0.244 e. The molecule has 0 aliphatic rings. The largest absolute Gasteiger partial charge is 0.497 e. The zero-order valence-corrected chi connectivity index (χ0v) is 20.9. The van der Waals surface area contributed by atoms with Gasteiger partial charge in [0.05, 0.1) is 19.1 Å². The molecule has 0 heterocycles. The first-order valence-electron chi connectivity index (χ1n) is 10.9. The summed E-state index contributed by atoms with van der Waals surface area (Å²) in [4.78, 5) is 27.4. The van der Waals surface area contributed by atoms with Crippen LogP contribution in [0.3, 0.4) is 0 Å². The van der Waals surface area contributed by atoms with E-state index < -0.39 is 40.2 Å². The summed E-state index contributed by atoms with van der Waals surface area (Å²) >= 11 is 0. The van der Waals surface area contributed by atoms with E-state index >= 15 is 0 Å². The minimum atomic E-state index is -3.87. The molecule has 2 aromatic rings. The lowest BCUT2D eigenvalue weighted by atomic mass is 10.1. The van der Waals surface area contributed by atoms with E-state index in [0.29, 0.717) is 12.2 Å². The number of anilines is 1. The average molecular weight is 494 g/mol. The molecule has 10 heteroatoms. The van der Waals surface area contributed by atoms with Crippen molar-refractivity contribution in [3.05, 3.63) is 59.9 Å². The van der Waals surface area contributed by atoms with Crippen molar-refractivity contribution in [2.24, 2.45) is 0 Å². The number of carbonyl (C=O) groups is 2. The summed E-state index contributed by atoms with van der Waals surface area (Å²) in [6.07, 6.45) is 1.68. The Morgan fingerprint density at radius 1 is 1.12 bits per heavy atom. The molecule has 186 valence electrons. The molecule has 0 aromatic heterocycles. The van der Waals surface area contributed by atoms with Crippen LogP contribution < -0.4 is 14.4 Å². The Bertz CT molecular complexity index is 1110. The summed E-state index contributed by atoms with van der Waals surface area (Å²) in [7, 11) is -2.42. The first-order chi connectivity index (χ1) is 16.0. The van der Waals surface area contributed by atoms with Crippen molar-refractivity contribution >= 4 is 27.5 Å². The van der Waals surface area contributed by atoms with Gasteiger partial charge in [-0.3, -0.25) is 13.9 Å². The number of nitrogens with one attached hydrogen (secondary N) is 1. The van der Waals surface area contributed by atoms with Crippen LogP contribution in [0.25, 0.3) is 0 Å². The standard InChI is InChI=1S/C24H32FN3O5S/c1-6-17(2)26-24(30)18(3)27(15-19-10-7-8-13-22(19)25)23(29)16-28(34(5,31)32)20-11-9-12-21(14-20)33-4/h7-14,17-18H,6,15-16H2,1-5H3,(H,26,30). The lowest BCUT2D eigenvalue weighted by Crippen LogP contribution is -2.52. The first kappa shape index (κ1) is 27.1. The molecule has 2 aromatic carbocycles. The Labute approximate surface area is 200 Å². The second kappa shape index (κ2) is 11.8. The monoisotopic (exact) mass is 493 g/mol. The second-order valence-electron chi connectivity index (χ2n) is 8.08. The van der Waals surface area contributed by atoms with Gasteiger partial charge in [0.1, 0.15) is 24.2 Å². The number of ether oxygens (including phenoxy) is 1.